The maximum atomic E-state index is 11.3. The van der Waals surface area contributed by atoms with Crippen LogP contribution in [0.2, 0.25) is 0 Å². The van der Waals surface area contributed by atoms with Crippen molar-refractivity contribution in [2.45, 2.75) is 56.6 Å². The molecule has 2 saturated carbocycles. The maximum absolute atomic E-state index is 11.3. The van der Waals surface area contributed by atoms with E-state index in [1.807, 2.05) is 24.4 Å². The highest BCUT2D eigenvalue weighted by atomic mass is 16.3. The van der Waals surface area contributed by atoms with Crippen molar-refractivity contribution in [3.8, 4) is 0 Å². The SMILES string of the molecule is O[C@]12CCCC[C@@H]1CCCC2Nc1cccc2ncccc12. The Labute approximate surface area is 131 Å². The number of rotatable bonds is 2. The van der Waals surface area contributed by atoms with Crippen LogP contribution in [0.3, 0.4) is 0 Å². The lowest BCUT2D eigenvalue weighted by Gasteiger charge is -2.49. The van der Waals surface area contributed by atoms with Crippen molar-refractivity contribution in [1.29, 1.82) is 0 Å². The summed E-state index contributed by atoms with van der Waals surface area (Å²) in [5, 5.41) is 16.1. The lowest BCUT2D eigenvalue weighted by molar-refractivity contribution is -0.0835. The predicted octanol–water partition coefficient (Wildman–Crippen LogP) is 4.12. The fourth-order valence-electron chi connectivity index (χ4n) is 4.54. The van der Waals surface area contributed by atoms with Crippen molar-refractivity contribution in [1.82, 2.24) is 4.98 Å². The van der Waals surface area contributed by atoms with Gasteiger partial charge in [0.05, 0.1) is 17.2 Å². The number of hydrogen-bond donors (Lipinski definition) is 2. The summed E-state index contributed by atoms with van der Waals surface area (Å²) >= 11 is 0. The van der Waals surface area contributed by atoms with Crippen LogP contribution >= 0.6 is 0 Å². The third kappa shape index (κ3) is 2.28. The molecule has 2 fully saturated rings. The molecule has 0 amide bonds. The number of aromatic nitrogens is 1. The van der Waals surface area contributed by atoms with Crippen LogP contribution in [0.15, 0.2) is 36.5 Å². The maximum Gasteiger partial charge on any atom is 0.0875 e. The van der Waals surface area contributed by atoms with Gasteiger partial charge in [-0.15, -0.1) is 0 Å². The van der Waals surface area contributed by atoms with E-state index in [2.05, 4.69) is 22.4 Å². The minimum atomic E-state index is -0.527. The van der Waals surface area contributed by atoms with Gasteiger partial charge >= 0.3 is 0 Å². The number of benzene rings is 1. The zero-order chi connectivity index (χ0) is 15.0. The average molecular weight is 296 g/mol. The molecule has 0 radical (unpaired) electrons. The van der Waals surface area contributed by atoms with Crippen LogP contribution in [-0.4, -0.2) is 21.7 Å². The van der Waals surface area contributed by atoms with Crippen molar-refractivity contribution in [2.24, 2.45) is 5.92 Å². The second-order valence-electron chi connectivity index (χ2n) is 6.94. The number of nitrogens with one attached hydrogen (secondary N) is 1. The molecule has 0 saturated heterocycles. The van der Waals surface area contributed by atoms with E-state index in [1.165, 1.54) is 25.7 Å². The fourth-order valence-corrected chi connectivity index (χ4v) is 4.54. The van der Waals surface area contributed by atoms with E-state index in [0.29, 0.717) is 5.92 Å². The standard InChI is InChI=1S/C19H24N2O/c22-19-12-2-1-6-14(19)7-3-11-18(19)21-17-10-4-9-16-15(17)8-5-13-20-16/h4-5,8-10,13-14,18,21-22H,1-3,6-7,11-12H2/t14-,18?,19-/m1/s1. The number of fused-ring (bicyclic) bond motifs is 2. The van der Waals surface area contributed by atoms with Crippen molar-refractivity contribution in [3.05, 3.63) is 36.5 Å². The van der Waals surface area contributed by atoms with Crippen molar-refractivity contribution in [2.75, 3.05) is 5.32 Å². The minimum Gasteiger partial charge on any atom is -0.387 e. The van der Waals surface area contributed by atoms with Gasteiger partial charge < -0.3 is 10.4 Å². The van der Waals surface area contributed by atoms with Crippen LogP contribution in [-0.2, 0) is 0 Å². The molecule has 2 aromatic rings. The fraction of sp³-hybridized carbons (Fsp3) is 0.526. The van der Waals surface area contributed by atoms with Gasteiger partial charge in [0.25, 0.3) is 0 Å². The van der Waals surface area contributed by atoms with Gasteiger partial charge in [0.15, 0.2) is 0 Å². The highest BCUT2D eigenvalue weighted by Crippen LogP contribution is 2.45. The number of anilines is 1. The van der Waals surface area contributed by atoms with E-state index >= 15 is 0 Å². The molecule has 1 aromatic carbocycles. The molecule has 0 bridgehead atoms. The number of pyridine rings is 1. The van der Waals surface area contributed by atoms with Crippen LogP contribution in [0.1, 0.15) is 44.9 Å². The number of hydrogen-bond acceptors (Lipinski definition) is 3. The molecule has 22 heavy (non-hydrogen) atoms. The van der Waals surface area contributed by atoms with E-state index < -0.39 is 5.60 Å². The summed E-state index contributed by atoms with van der Waals surface area (Å²) in [4.78, 5) is 4.43. The van der Waals surface area contributed by atoms with E-state index in [0.717, 1.165) is 35.9 Å². The second kappa shape index (κ2) is 5.54. The van der Waals surface area contributed by atoms with E-state index in [1.54, 1.807) is 0 Å². The molecule has 2 aliphatic rings. The Bertz CT molecular complexity index is 664. The minimum absolute atomic E-state index is 0.164. The van der Waals surface area contributed by atoms with Crippen LogP contribution in [0.25, 0.3) is 10.9 Å². The monoisotopic (exact) mass is 296 g/mol. The topological polar surface area (TPSA) is 45.1 Å². The van der Waals surface area contributed by atoms with Gasteiger partial charge in [0.2, 0.25) is 0 Å². The Balaban J connectivity index is 1.66. The van der Waals surface area contributed by atoms with Crippen molar-refractivity contribution in [3.63, 3.8) is 0 Å². The molecule has 3 heteroatoms. The number of aliphatic hydroxyl groups is 1. The van der Waals surface area contributed by atoms with Crippen LogP contribution in [0.4, 0.5) is 5.69 Å². The third-order valence-electron chi connectivity index (χ3n) is 5.71. The van der Waals surface area contributed by atoms with Gasteiger partial charge in [0.1, 0.15) is 0 Å². The van der Waals surface area contributed by atoms with Crippen LogP contribution in [0.5, 0.6) is 0 Å². The molecule has 4 rings (SSSR count). The molecule has 0 spiro atoms. The van der Waals surface area contributed by atoms with E-state index in [9.17, 15) is 5.11 Å². The summed E-state index contributed by atoms with van der Waals surface area (Å²) < 4.78 is 0. The van der Waals surface area contributed by atoms with Gasteiger partial charge in [-0.05, 0) is 55.9 Å². The van der Waals surface area contributed by atoms with Crippen molar-refractivity contribution < 1.29 is 5.11 Å². The third-order valence-corrected chi connectivity index (χ3v) is 5.71. The summed E-state index contributed by atoms with van der Waals surface area (Å²) in [7, 11) is 0. The predicted molar refractivity (Wildman–Crippen MR) is 89.9 cm³/mol. The normalized spacial score (nSPS) is 31.7. The Morgan fingerprint density at radius 1 is 1.05 bits per heavy atom. The second-order valence-corrected chi connectivity index (χ2v) is 6.94. The highest BCUT2D eigenvalue weighted by Gasteiger charge is 2.47. The highest BCUT2D eigenvalue weighted by molar-refractivity contribution is 5.91. The molecule has 1 heterocycles. The largest absolute Gasteiger partial charge is 0.387 e. The van der Waals surface area contributed by atoms with E-state index in [-0.39, 0.29) is 6.04 Å². The molecule has 2 N–H and O–H groups in total. The summed E-state index contributed by atoms with van der Waals surface area (Å²) in [5.41, 5.74) is 1.59. The van der Waals surface area contributed by atoms with Gasteiger partial charge in [-0.3, -0.25) is 4.98 Å². The Morgan fingerprint density at radius 3 is 2.91 bits per heavy atom. The zero-order valence-corrected chi connectivity index (χ0v) is 13.0. The first-order valence-corrected chi connectivity index (χ1v) is 8.60. The molecule has 1 aromatic heterocycles. The lowest BCUT2D eigenvalue weighted by atomic mass is 9.65. The first kappa shape index (κ1) is 14.0. The summed E-state index contributed by atoms with van der Waals surface area (Å²) in [5.74, 6) is 0.473. The summed E-state index contributed by atoms with van der Waals surface area (Å²) in [6, 6.07) is 10.4. The average Bonchev–Trinajstić information content (AvgIpc) is 2.56. The molecular formula is C19H24N2O. The number of nitrogens with zero attached hydrogens (tertiary/aromatic N) is 1. The van der Waals surface area contributed by atoms with Crippen molar-refractivity contribution >= 4 is 16.6 Å². The van der Waals surface area contributed by atoms with Gasteiger partial charge in [-0.25, -0.2) is 0 Å². The van der Waals surface area contributed by atoms with Gasteiger partial charge in [-0.1, -0.05) is 25.3 Å². The Morgan fingerprint density at radius 2 is 1.95 bits per heavy atom. The molecule has 0 aliphatic heterocycles. The molecule has 3 atom stereocenters. The molecule has 3 nitrogen and oxygen atoms in total. The molecule has 2 aliphatic carbocycles. The smallest absolute Gasteiger partial charge is 0.0875 e. The Kier molecular flexibility index (Phi) is 3.53. The van der Waals surface area contributed by atoms with Crippen LogP contribution in [0, 0.1) is 5.92 Å². The Hall–Kier alpha value is -1.61. The quantitative estimate of drug-likeness (QED) is 0.876. The summed E-state index contributed by atoms with van der Waals surface area (Å²) in [6.45, 7) is 0. The zero-order valence-electron chi connectivity index (χ0n) is 13.0. The van der Waals surface area contributed by atoms with Crippen LogP contribution < -0.4 is 5.32 Å². The van der Waals surface area contributed by atoms with Gasteiger partial charge in [-0.2, -0.15) is 0 Å². The van der Waals surface area contributed by atoms with Gasteiger partial charge in [0, 0.05) is 17.3 Å². The first-order valence-electron chi connectivity index (χ1n) is 8.60. The molecule has 1 unspecified atom stereocenters. The summed E-state index contributed by atoms with van der Waals surface area (Å²) in [6.07, 6.45) is 9.85. The molecular weight excluding hydrogens is 272 g/mol. The lowest BCUT2D eigenvalue weighted by Crippen LogP contribution is -2.56. The molecule has 116 valence electrons. The first-order chi connectivity index (χ1) is 10.8. The van der Waals surface area contributed by atoms with E-state index in [4.69, 9.17) is 0 Å².